The summed E-state index contributed by atoms with van der Waals surface area (Å²) >= 11 is 3.04. The molecule has 0 saturated carbocycles. The summed E-state index contributed by atoms with van der Waals surface area (Å²) in [5, 5.41) is 0. The van der Waals surface area contributed by atoms with Crippen molar-refractivity contribution < 1.29 is 19.1 Å². The van der Waals surface area contributed by atoms with E-state index in [0.29, 0.717) is 0 Å². The van der Waals surface area contributed by atoms with Crippen LogP contribution < -0.4 is 0 Å². The number of carbonyl (C=O) groups is 2. The Morgan fingerprint density at radius 1 is 1.16 bits per heavy atom. The van der Waals surface area contributed by atoms with E-state index in [1.54, 1.807) is 27.7 Å². The highest BCUT2D eigenvalue weighted by molar-refractivity contribution is 8.22. The maximum absolute atomic E-state index is 12.2. The van der Waals surface area contributed by atoms with Gasteiger partial charge in [0.25, 0.3) is 0 Å². The molecule has 4 nitrogen and oxygen atoms in total. The predicted octanol–water partition coefficient (Wildman–Crippen LogP) is 2.97. The SMILES string of the molecule is CCOC(=O)C(C(=O)OC(C)(C)C)=C1SCCCS1. The van der Waals surface area contributed by atoms with E-state index in [0.717, 1.165) is 22.2 Å². The van der Waals surface area contributed by atoms with Crippen LogP contribution in [0.25, 0.3) is 0 Å². The summed E-state index contributed by atoms with van der Waals surface area (Å²) in [5.74, 6) is 0.638. The molecule has 0 amide bonds. The summed E-state index contributed by atoms with van der Waals surface area (Å²) in [6, 6.07) is 0. The second-order valence-electron chi connectivity index (χ2n) is 4.94. The fourth-order valence-corrected chi connectivity index (χ4v) is 3.94. The van der Waals surface area contributed by atoms with E-state index >= 15 is 0 Å². The third-order valence-electron chi connectivity index (χ3n) is 2.04. The lowest BCUT2D eigenvalue weighted by Crippen LogP contribution is -2.28. The van der Waals surface area contributed by atoms with Gasteiger partial charge in [0.15, 0.2) is 5.57 Å². The highest BCUT2D eigenvalue weighted by Gasteiger charge is 2.30. The van der Waals surface area contributed by atoms with Crippen molar-refractivity contribution in [1.82, 2.24) is 0 Å². The van der Waals surface area contributed by atoms with Crippen LogP contribution in [0.15, 0.2) is 9.81 Å². The monoisotopic (exact) mass is 304 g/mol. The normalized spacial score (nSPS) is 15.9. The van der Waals surface area contributed by atoms with Gasteiger partial charge in [0.2, 0.25) is 0 Å². The Labute approximate surface area is 122 Å². The highest BCUT2D eigenvalue weighted by atomic mass is 32.2. The minimum Gasteiger partial charge on any atom is -0.462 e. The molecule has 1 rings (SSSR count). The molecule has 0 radical (unpaired) electrons. The summed E-state index contributed by atoms with van der Waals surface area (Å²) in [6.07, 6.45) is 1.07. The number of thioether (sulfide) groups is 2. The van der Waals surface area contributed by atoms with Gasteiger partial charge in [0.05, 0.1) is 10.8 Å². The van der Waals surface area contributed by atoms with Crippen LogP contribution in [-0.4, -0.2) is 35.7 Å². The first-order valence-electron chi connectivity index (χ1n) is 6.25. The molecule has 1 aliphatic heterocycles. The molecule has 0 atom stereocenters. The van der Waals surface area contributed by atoms with Gasteiger partial charge in [0.1, 0.15) is 5.60 Å². The van der Waals surface area contributed by atoms with Crippen molar-refractivity contribution in [3.05, 3.63) is 9.81 Å². The minimum atomic E-state index is -0.626. The van der Waals surface area contributed by atoms with Gasteiger partial charge in [0, 0.05) is 0 Å². The molecule has 1 saturated heterocycles. The third-order valence-corrected chi connectivity index (χ3v) is 4.67. The molecule has 6 heteroatoms. The van der Waals surface area contributed by atoms with Crippen molar-refractivity contribution in [2.75, 3.05) is 18.1 Å². The molecule has 0 bridgehead atoms. The number of hydrogen-bond donors (Lipinski definition) is 0. The van der Waals surface area contributed by atoms with Crippen molar-refractivity contribution >= 4 is 35.5 Å². The average molecular weight is 304 g/mol. The Hall–Kier alpha value is -0.620. The van der Waals surface area contributed by atoms with Crippen molar-refractivity contribution in [3.63, 3.8) is 0 Å². The van der Waals surface area contributed by atoms with Crippen LogP contribution in [0.1, 0.15) is 34.1 Å². The topological polar surface area (TPSA) is 52.6 Å². The zero-order valence-electron chi connectivity index (χ0n) is 11.8. The van der Waals surface area contributed by atoms with Crippen LogP contribution in [0.3, 0.4) is 0 Å². The molecule has 1 fully saturated rings. The maximum atomic E-state index is 12.2. The molecule has 0 spiro atoms. The highest BCUT2D eigenvalue weighted by Crippen LogP contribution is 2.38. The lowest BCUT2D eigenvalue weighted by Gasteiger charge is -2.22. The molecule has 0 aromatic heterocycles. The molecule has 0 N–H and O–H groups in total. The summed E-state index contributed by atoms with van der Waals surface area (Å²) in [7, 11) is 0. The molecule has 1 aliphatic rings. The predicted molar refractivity (Wildman–Crippen MR) is 79.0 cm³/mol. The molecule has 0 aliphatic carbocycles. The number of hydrogen-bond acceptors (Lipinski definition) is 6. The third kappa shape index (κ3) is 5.48. The van der Waals surface area contributed by atoms with Gasteiger partial charge in [-0.2, -0.15) is 0 Å². The van der Waals surface area contributed by atoms with E-state index in [1.165, 1.54) is 23.5 Å². The molecule has 0 aromatic rings. The molecular weight excluding hydrogens is 284 g/mol. The lowest BCUT2D eigenvalue weighted by atomic mass is 10.2. The van der Waals surface area contributed by atoms with Gasteiger partial charge < -0.3 is 9.47 Å². The summed E-state index contributed by atoms with van der Waals surface area (Å²) in [6.45, 7) is 7.29. The van der Waals surface area contributed by atoms with E-state index in [1.807, 2.05) is 0 Å². The maximum Gasteiger partial charge on any atom is 0.347 e. The first-order valence-corrected chi connectivity index (χ1v) is 8.22. The van der Waals surface area contributed by atoms with Crippen LogP contribution in [0, 0.1) is 0 Å². The second kappa shape index (κ2) is 7.24. The van der Waals surface area contributed by atoms with Gasteiger partial charge in [-0.1, -0.05) is 0 Å². The van der Waals surface area contributed by atoms with E-state index in [4.69, 9.17) is 9.47 Å². The Kier molecular flexibility index (Phi) is 6.26. The standard InChI is InChI=1S/C13H20O4S2/c1-5-16-10(14)9(11(15)17-13(2,3)4)12-18-7-6-8-19-12/h5-8H2,1-4H3. The zero-order valence-corrected chi connectivity index (χ0v) is 13.4. The number of ether oxygens (including phenoxy) is 2. The van der Waals surface area contributed by atoms with E-state index < -0.39 is 17.5 Å². The molecule has 0 aromatic carbocycles. The summed E-state index contributed by atoms with van der Waals surface area (Å²) < 4.78 is 11.0. The van der Waals surface area contributed by atoms with E-state index in [-0.39, 0.29) is 12.2 Å². The van der Waals surface area contributed by atoms with Gasteiger partial charge in [-0.15, -0.1) is 23.5 Å². The Morgan fingerprint density at radius 3 is 2.21 bits per heavy atom. The molecule has 1 heterocycles. The zero-order chi connectivity index (χ0) is 14.5. The molecule has 108 valence electrons. The van der Waals surface area contributed by atoms with Crippen LogP contribution in [0.5, 0.6) is 0 Å². The average Bonchev–Trinajstić information content (AvgIpc) is 2.28. The first-order chi connectivity index (χ1) is 8.85. The van der Waals surface area contributed by atoms with E-state index in [9.17, 15) is 9.59 Å². The van der Waals surface area contributed by atoms with Gasteiger partial charge in [-0.05, 0) is 45.6 Å². The molecule has 0 unspecified atom stereocenters. The fraction of sp³-hybridized carbons (Fsp3) is 0.692. The molecule has 19 heavy (non-hydrogen) atoms. The minimum absolute atomic E-state index is 0.0477. The van der Waals surface area contributed by atoms with Crippen LogP contribution >= 0.6 is 23.5 Å². The first kappa shape index (κ1) is 16.4. The van der Waals surface area contributed by atoms with Gasteiger partial charge in [-0.3, -0.25) is 0 Å². The lowest BCUT2D eigenvalue weighted by molar-refractivity contribution is -0.154. The van der Waals surface area contributed by atoms with Crippen LogP contribution in [0.2, 0.25) is 0 Å². The Balaban J connectivity index is 2.98. The fourth-order valence-electron chi connectivity index (χ4n) is 1.36. The van der Waals surface area contributed by atoms with Crippen LogP contribution in [0.4, 0.5) is 0 Å². The Morgan fingerprint density at radius 2 is 1.74 bits per heavy atom. The van der Waals surface area contributed by atoms with E-state index in [2.05, 4.69) is 0 Å². The van der Waals surface area contributed by atoms with Gasteiger partial charge in [-0.25, -0.2) is 9.59 Å². The summed E-state index contributed by atoms with van der Waals surface area (Å²) in [5.41, 5.74) is -0.578. The quantitative estimate of drug-likeness (QED) is 0.346. The van der Waals surface area contributed by atoms with Crippen molar-refractivity contribution in [2.24, 2.45) is 0 Å². The summed E-state index contributed by atoms with van der Waals surface area (Å²) in [4.78, 5) is 24.1. The number of esters is 2. The van der Waals surface area contributed by atoms with Crippen molar-refractivity contribution in [3.8, 4) is 0 Å². The second-order valence-corrected chi connectivity index (χ2v) is 7.40. The largest absolute Gasteiger partial charge is 0.462 e. The number of carbonyl (C=O) groups excluding carboxylic acids is 2. The smallest absolute Gasteiger partial charge is 0.347 e. The number of rotatable bonds is 3. The Bertz CT molecular complexity index is 375. The van der Waals surface area contributed by atoms with Crippen molar-refractivity contribution in [2.45, 2.75) is 39.7 Å². The van der Waals surface area contributed by atoms with Crippen molar-refractivity contribution in [1.29, 1.82) is 0 Å². The van der Waals surface area contributed by atoms with Crippen LogP contribution in [-0.2, 0) is 19.1 Å². The molecular formula is C13H20O4S2. The van der Waals surface area contributed by atoms with Gasteiger partial charge >= 0.3 is 11.9 Å².